The maximum absolute atomic E-state index is 9.94. The van der Waals surface area contributed by atoms with Gasteiger partial charge in [0.15, 0.2) is 0 Å². The predicted octanol–water partition coefficient (Wildman–Crippen LogP) is 1.49. The first kappa shape index (κ1) is 10.0. The Morgan fingerprint density at radius 1 is 1.42 bits per heavy atom. The predicted molar refractivity (Wildman–Crippen MR) is 51.1 cm³/mol. The topological polar surface area (TPSA) is 23.5 Å². The van der Waals surface area contributed by atoms with E-state index in [4.69, 9.17) is 0 Å². The van der Waals surface area contributed by atoms with Crippen LogP contribution in [0.4, 0.5) is 0 Å². The molecule has 0 aliphatic carbocycles. The van der Waals surface area contributed by atoms with Crippen LogP contribution in [0.5, 0.6) is 0 Å². The third-order valence-electron chi connectivity index (χ3n) is 2.91. The number of rotatable bonds is 1. The van der Waals surface area contributed by atoms with Crippen molar-refractivity contribution in [2.24, 2.45) is 5.92 Å². The van der Waals surface area contributed by atoms with E-state index in [1.165, 1.54) is 12.8 Å². The molecule has 1 aliphatic heterocycles. The quantitative estimate of drug-likeness (QED) is 0.646. The Hall–Kier alpha value is -0.0800. The molecule has 2 unspecified atom stereocenters. The summed E-state index contributed by atoms with van der Waals surface area (Å²) in [5.74, 6) is 0.615. The van der Waals surface area contributed by atoms with Gasteiger partial charge in [-0.2, -0.15) is 0 Å². The van der Waals surface area contributed by atoms with Crippen LogP contribution in [0.25, 0.3) is 0 Å². The van der Waals surface area contributed by atoms with Gasteiger partial charge >= 0.3 is 0 Å². The van der Waals surface area contributed by atoms with Crippen LogP contribution < -0.4 is 0 Å². The molecule has 1 heterocycles. The molecule has 0 spiro atoms. The van der Waals surface area contributed by atoms with Crippen molar-refractivity contribution in [2.45, 2.75) is 45.3 Å². The lowest BCUT2D eigenvalue weighted by molar-refractivity contribution is -0.0497. The molecule has 72 valence electrons. The third-order valence-corrected chi connectivity index (χ3v) is 2.91. The average Bonchev–Trinajstić information content (AvgIpc) is 1.82. The molecule has 0 aromatic carbocycles. The van der Waals surface area contributed by atoms with Gasteiger partial charge in [0.1, 0.15) is 0 Å². The lowest BCUT2D eigenvalue weighted by Crippen LogP contribution is -2.54. The first-order valence-electron chi connectivity index (χ1n) is 4.85. The summed E-state index contributed by atoms with van der Waals surface area (Å²) in [7, 11) is 2.11. The Labute approximate surface area is 75.6 Å². The monoisotopic (exact) mass is 171 g/mol. The summed E-state index contributed by atoms with van der Waals surface area (Å²) in [4.78, 5) is 2.29. The lowest BCUT2D eigenvalue weighted by atomic mass is 9.82. The molecule has 0 amide bonds. The van der Waals surface area contributed by atoms with Gasteiger partial charge in [-0.25, -0.2) is 0 Å². The minimum Gasteiger partial charge on any atom is -0.389 e. The molecule has 2 atom stereocenters. The summed E-state index contributed by atoms with van der Waals surface area (Å²) in [6.07, 6.45) is 2.52. The van der Waals surface area contributed by atoms with Crippen molar-refractivity contribution in [3.63, 3.8) is 0 Å². The fourth-order valence-corrected chi connectivity index (χ4v) is 2.63. The molecule has 1 fully saturated rings. The second-order valence-corrected chi connectivity index (χ2v) is 4.70. The molecule has 0 saturated carbocycles. The minimum absolute atomic E-state index is 0.325. The molecule has 0 aromatic rings. The highest BCUT2D eigenvalue weighted by atomic mass is 16.3. The molecule has 0 aromatic heterocycles. The van der Waals surface area contributed by atoms with Crippen molar-refractivity contribution < 1.29 is 5.11 Å². The Kier molecular flexibility index (Phi) is 2.79. The highest BCUT2D eigenvalue weighted by Gasteiger charge is 2.36. The molecule has 1 rings (SSSR count). The maximum Gasteiger partial charge on any atom is 0.0748 e. The number of nitrogens with zero attached hydrogens (tertiary/aromatic N) is 1. The van der Waals surface area contributed by atoms with Crippen molar-refractivity contribution >= 4 is 0 Å². The van der Waals surface area contributed by atoms with Crippen LogP contribution >= 0.6 is 0 Å². The van der Waals surface area contributed by atoms with Gasteiger partial charge in [0.2, 0.25) is 0 Å². The molecule has 0 radical (unpaired) electrons. The highest BCUT2D eigenvalue weighted by molar-refractivity contribution is 4.91. The second kappa shape index (κ2) is 3.35. The SMILES string of the molecule is CC1CCCN(C)C1C(C)(C)O. The van der Waals surface area contributed by atoms with Crippen LogP contribution in [0.2, 0.25) is 0 Å². The Bertz CT molecular complexity index is 140. The number of likely N-dealkylation sites (N-methyl/N-ethyl adjacent to an activating group) is 1. The van der Waals surface area contributed by atoms with E-state index in [2.05, 4.69) is 18.9 Å². The van der Waals surface area contributed by atoms with Crippen molar-refractivity contribution in [1.29, 1.82) is 0 Å². The molecule has 1 saturated heterocycles. The van der Waals surface area contributed by atoms with Crippen LogP contribution in [0.3, 0.4) is 0 Å². The van der Waals surface area contributed by atoms with Crippen molar-refractivity contribution in [3.05, 3.63) is 0 Å². The number of aliphatic hydroxyl groups is 1. The van der Waals surface area contributed by atoms with Crippen LogP contribution in [0.15, 0.2) is 0 Å². The summed E-state index contributed by atoms with van der Waals surface area (Å²) in [5.41, 5.74) is -0.561. The van der Waals surface area contributed by atoms with Gasteiger partial charge in [-0.05, 0) is 46.2 Å². The van der Waals surface area contributed by atoms with Gasteiger partial charge in [-0.3, -0.25) is 0 Å². The maximum atomic E-state index is 9.94. The fourth-order valence-electron chi connectivity index (χ4n) is 2.63. The Morgan fingerprint density at radius 3 is 2.33 bits per heavy atom. The molecule has 2 nitrogen and oxygen atoms in total. The van der Waals surface area contributed by atoms with E-state index >= 15 is 0 Å². The summed E-state index contributed by atoms with van der Waals surface area (Å²) in [6.45, 7) is 7.18. The molecule has 2 heteroatoms. The molecule has 0 bridgehead atoms. The van der Waals surface area contributed by atoms with E-state index in [0.717, 1.165) is 6.54 Å². The van der Waals surface area contributed by atoms with Crippen molar-refractivity contribution in [2.75, 3.05) is 13.6 Å². The van der Waals surface area contributed by atoms with E-state index in [1.807, 2.05) is 13.8 Å². The van der Waals surface area contributed by atoms with E-state index in [0.29, 0.717) is 12.0 Å². The van der Waals surface area contributed by atoms with Gasteiger partial charge in [-0.1, -0.05) is 6.92 Å². The number of hydrogen-bond donors (Lipinski definition) is 1. The first-order valence-corrected chi connectivity index (χ1v) is 4.85. The van der Waals surface area contributed by atoms with E-state index in [9.17, 15) is 5.11 Å². The average molecular weight is 171 g/mol. The normalized spacial score (nSPS) is 33.8. The zero-order valence-electron chi connectivity index (χ0n) is 8.67. The smallest absolute Gasteiger partial charge is 0.0748 e. The third kappa shape index (κ3) is 1.99. The standard InChI is InChI=1S/C10H21NO/c1-8-6-5-7-11(4)9(8)10(2,3)12/h8-9,12H,5-7H2,1-4H3. The zero-order valence-corrected chi connectivity index (χ0v) is 8.67. The fraction of sp³-hybridized carbons (Fsp3) is 1.00. The lowest BCUT2D eigenvalue weighted by Gasteiger charge is -2.44. The zero-order chi connectivity index (χ0) is 9.35. The molecule has 12 heavy (non-hydrogen) atoms. The van der Waals surface area contributed by atoms with Gasteiger partial charge in [0, 0.05) is 6.04 Å². The van der Waals surface area contributed by atoms with E-state index in [1.54, 1.807) is 0 Å². The number of hydrogen-bond acceptors (Lipinski definition) is 2. The largest absolute Gasteiger partial charge is 0.389 e. The summed E-state index contributed by atoms with van der Waals surface area (Å²) in [6, 6.07) is 0.325. The van der Waals surface area contributed by atoms with Gasteiger partial charge < -0.3 is 10.0 Å². The summed E-state index contributed by atoms with van der Waals surface area (Å²) >= 11 is 0. The van der Waals surface area contributed by atoms with Crippen LogP contribution in [0.1, 0.15) is 33.6 Å². The van der Waals surface area contributed by atoms with Gasteiger partial charge in [0.05, 0.1) is 5.60 Å². The minimum atomic E-state index is -0.561. The Morgan fingerprint density at radius 2 is 2.00 bits per heavy atom. The Balaban J connectivity index is 2.69. The van der Waals surface area contributed by atoms with E-state index in [-0.39, 0.29) is 0 Å². The molecular weight excluding hydrogens is 150 g/mol. The number of likely N-dealkylation sites (tertiary alicyclic amines) is 1. The van der Waals surface area contributed by atoms with Crippen LogP contribution in [0, 0.1) is 5.92 Å². The van der Waals surface area contributed by atoms with E-state index < -0.39 is 5.60 Å². The van der Waals surface area contributed by atoms with Gasteiger partial charge in [-0.15, -0.1) is 0 Å². The highest BCUT2D eigenvalue weighted by Crippen LogP contribution is 2.29. The summed E-state index contributed by atoms with van der Waals surface area (Å²) < 4.78 is 0. The molecule has 1 aliphatic rings. The van der Waals surface area contributed by atoms with Crippen LogP contribution in [-0.4, -0.2) is 35.2 Å². The van der Waals surface area contributed by atoms with Crippen molar-refractivity contribution in [1.82, 2.24) is 4.90 Å². The number of piperidine rings is 1. The molecular formula is C10H21NO. The van der Waals surface area contributed by atoms with Gasteiger partial charge in [0.25, 0.3) is 0 Å². The second-order valence-electron chi connectivity index (χ2n) is 4.70. The van der Waals surface area contributed by atoms with Crippen molar-refractivity contribution in [3.8, 4) is 0 Å². The first-order chi connectivity index (χ1) is 5.43. The summed E-state index contributed by atoms with van der Waals surface area (Å²) in [5, 5.41) is 9.94. The van der Waals surface area contributed by atoms with Crippen LogP contribution in [-0.2, 0) is 0 Å². The molecule has 1 N–H and O–H groups in total.